The fourth-order valence-electron chi connectivity index (χ4n) is 10.8. The zero-order valence-electron chi connectivity index (χ0n) is 33.6. The summed E-state index contributed by atoms with van der Waals surface area (Å²) in [4.78, 5) is 68.6. The van der Waals surface area contributed by atoms with Gasteiger partial charge in [0.05, 0.1) is 24.9 Å². The quantitative estimate of drug-likeness (QED) is 0.157. The first-order valence-electron chi connectivity index (χ1n) is 20.4. The minimum atomic E-state index is -2.11. The zero-order chi connectivity index (χ0) is 42.3. The second-order valence-electron chi connectivity index (χ2n) is 17.2. The molecular formula is C46H52FN3O9. The summed E-state index contributed by atoms with van der Waals surface area (Å²) in [6.07, 6.45) is 6.95. The molecule has 7 rings (SSSR count). The third-order valence-electron chi connectivity index (χ3n) is 14.0. The zero-order valence-corrected chi connectivity index (χ0v) is 33.6. The van der Waals surface area contributed by atoms with Crippen molar-refractivity contribution in [3.05, 3.63) is 95.9 Å². The minimum Gasteiger partial charge on any atom is -0.461 e. The Hall–Kier alpha value is -5.11. The standard InChI is InChI=1S/C46H52FN3O9/c1-27-20-37-36-11-9-32-22-34(51)14-17-43(32,2)45(36,47)38(52)23-44(37,3)46(27,57)39(53)26-59-41(55)13-12-40(54)58-25-28-4-6-29(7-5-28)35(15-18-48)42(56)50-33-10-8-31-24-49-19-16-30(31)21-33/h4-8,10,14,16-17,19,21-22,24,27,35-38,52,57H,9,11-13,15,18,20,23,25-26,48H2,1-3H3,(H,50,56)/t27-,35-,36+,37+,38+,43+,44+,45+,46+/m1/s1. The van der Waals surface area contributed by atoms with Crippen LogP contribution in [0.2, 0.25) is 0 Å². The van der Waals surface area contributed by atoms with E-state index in [4.69, 9.17) is 15.2 Å². The number of anilines is 1. The normalized spacial score (nSPS) is 31.3. The number of Topliss-reactive ketones (excluding diaryl/α,β-unsaturated/α-hetero) is 1. The molecule has 3 saturated carbocycles. The van der Waals surface area contributed by atoms with Crippen LogP contribution in [0.3, 0.4) is 0 Å². The van der Waals surface area contributed by atoms with Crippen molar-refractivity contribution in [3.63, 3.8) is 0 Å². The maximum atomic E-state index is 17.4. The van der Waals surface area contributed by atoms with E-state index in [9.17, 15) is 34.2 Å². The van der Waals surface area contributed by atoms with E-state index < -0.39 is 76.2 Å². The number of ketones is 2. The second-order valence-corrected chi connectivity index (χ2v) is 17.2. The van der Waals surface area contributed by atoms with E-state index >= 15 is 4.39 Å². The number of esters is 2. The predicted octanol–water partition coefficient (Wildman–Crippen LogP) is 5.59. The lowest BCUT2D eigenvalue weighted by molar-refractivity contribution is -0.220. The van der Waals surface area contributed by atoms with E-state index in [-0.39, 0.29) is 37.6 Å². The topological polar surface area (TPSA) is 195 Å². The summed E-state index contributed by atoms with van der Waals surface area (Å²) in [5.74, 6) is -4.93. The Morgan fingerprint density at radius 2 is 1.75 bits per heavy atom. The number of nitrogens with zero attached hydrogens (tertiary/aromatic N) is 1. The molecule has 3 fully saturated rings. The fraction of sp³-hybridized carbons (Fsp3) is 0.478. The van der Waals surface area contributed by atoms with E-state index in [0.717, 1.165) is 16.3 Å². The highest BCUT2D eigenvalue weighted by Crippen LogP contribution is 2.70. The molecule has 9 atom stereocenters. The van der Waals surface area contributed by atoms with Crippen molar-refractivity contribution >= 4 is 45.9 Å². The van der Waals surface area contributed by atoms with Gasteiger partial charge in [-0.3, -0.25) is 29.0 Å². The average molecular weight is 810 g/mol. The van der Waals surface area contributed by atoms with Gasteiger partial charge in [-0.05, 0) is 104 Å². The van der Waals surface area contributed by atoms with Crippen molar-refractivity contribution in [1.82, 2.24) is 4.98 Å². The molecule has 0 saturated heterocycles. The molecule has 1 aromatic heterocycles. The summed E-state index contributed by atoms with van der Waals surface area (Å²) in [5, 5.41) is 28.6. The number of hydrogen-bond donors (Lipinski definition) is 4. The lowest BCUT2D eigenvalue weighted by atomic mass is 9.44. The molecule has 0 radical (unpaired) electrons. The third-order valence-corrected chi connectivity index (χ3v) is 14.0. The average Bonchev–Trinajstić information content (AvgIpc) is 3.42. The number of hydrogen-bond acceptors (Lipinski definition) is 11. The van der Waals surface area contributed by atoms with Crippen molar-refractivity contribution in [2.75, 3.05) is 18.5 Å². The van der Waals surface area contributed by atoms with Crippen molar-refractivity contribution in [3.8, 4) is 0 Å². The van der Waals surface area contributed by atoms with Gasteiger partial charge in [-0.2, -0.15) is 0 Å². The predicted molar refractivity (Wildman–Crippen MR) is 216 cm³/mol. The molecule has 1 heterocycles. The summed E-state index contributed by atoms with van der Waals surface area (Å²) in [7, 11) is 0. The van der Waals surface area contributed by atoms with Crippen LogP contribution in [0.1, 0.15) is 82.8 Å². The number of aromatic nitrogens is 1. The second kappa shape index (κ2) is 16.2. The lowest BCUT2D eigenvalue weighted by Gasteiger charge is -2.62. The number of amides is 1. The molecule has 312 valence electrons. The van der Waals surface area contributed by atoms with Crippen LogP contribution in [0, 0.1) is 28.6 Å². The number of carbonyl (C=O) groups is 5. The van der Waals surface area contributed by atoms with Crippen LogP contribution in [0.4, 0.5) is 10.1 Å². The van der Waals surface area contributed by atoms with Gasteiger partial charge in [-0.1, -0.05) is 55.8 Å². The van der Waals surface area contributed by atoms with Crippen LogP contribution in [0.25, 0.3) is 10.8 Å². The van der Waals surface area contributed by atoms with E-state index in [0.29, 0.717) is 49.1 Å². The molecule has 59 heavy (non-hydrogen) atoms. The van der Waals surface area contributed by atoms with Gasteiger partial charge in [0.25, 0.3) is 0 Å². The number of aliphatic hydroxyl groups is 2. The summed E-state index contributed by atoms with van der Waals surface area (Å²) in [5.41, 5.74) is 2.03. The molecule has 0 spiro atoms. The summed E-state index contributed by atoms with van der Waals surface area (Å²) in [6.45, 7) is 4.61. The number of aliphatic hydroxyl groups excluding tert-OH is 1. The number of halogens is 1. The Kier molecular flexibility index (Phi) is 11.5. The molecule has 0 unspecified atom stereocenters. The molecule has 0 aliphatic heterocycles. The van der Waals surface area contributed by atoms with E-state index in [2.05, 4.69) is 10.3 Å². The Morgan fingerprint density at radius 1 is 1.02 bits per heavy atom. The van der Waals surface area contributed by atoms with Gasteiger partial charge in [-0.25, -0.2) is 4.39 Å². The Labute approximate surface area is 342 Å². The van der Waals surface area contributed by atoms with Crippen LogP contribution < -0.4 is 11.1 Å². The van der Waals surface area contributed by atoms with Gasteiger partial charge in [0.2, 0.25) is 11.7 Å². The van der Waals surface area contributed by atoms with Gasteiger partial charge in [0.15, 0.2) is 18.1 Å². The number of nitrogens with one attached hydrogen (secondary N) is 1. The van der Waals surface area contributed by atoms with Crippen LogP contribution in [0.5, 0.6) is 0 Å². The van der Waals surface area contributed by atoms with Crippen molar-refractivity contribution in [2.45, 2.75) is 95.6 Å². The van der Waals surface area contributed by atoms with E-state index in [1.54, 1.807) is 63.5 Å². The van der Waals surface area contributed by atoms with E-state index in [1.165, 1.54) is 12.2 Å². The number of nitrogens with two attached hydrogens (primary N) is 1. The SMILES string of the molecule is C[C@@H]1C[C@H]2[C@@H]3CCC4=CC(=O)C=C[C@]4(C)[C@@]3(F)[C@@H](O)C[C@]2(C)[C@@]1(O)C(=O)COC(=O)CCC(=O)OCc1ccc([C@@H](CCN)C(=O)Nc2ccc3cnccc3c2)cc1. The summed E-state index contributed by atoms with van der Waals surface area (Å²) < 4.78 is 28.1. The highest BCUT2D eigenvalue weighted by molar-refractivity contribution is 6.01. The Balaban J connectivity index is 0.895. The van der Waals surface area contributed by atoms with Crippen molar-refractivity contribution in [1.29, 1.82) is 0 Å². The molecule has 4 aliphatic rings. The molecule has 12 nitrogen and oxygen atoms in total. The number of fused-ring (bicyclic) bond motifs is 6. The first kappa shape index (κ1) is 42.0. The van der Waals surface area contributed by atoms with Crippen LogP contribution in [0.15, 0.2) is 84.7 Å². The number of ether oxygens (including phenoxy) is 2. The highest BCUT2D eigenvalue weighted by Gasteiger charge is 2.75. The van der Waals surface area contributed by atoms with Crippen LogP contribution >= 0.6 is 0 Å². The molecule has 4 aliphatic carbocycles. The maximum Gasteiger partial charge on any atom is 0.306 e. The Morgan fingerprint density at radius 3 is 2.47 bits per heavy atom. The maximum absolute atomic E-state index is 17.4. The van der Waals surface area contributed by atoms with Gasteiger partial charge in [0.1, 0.15) is 12.2 Å². The molecule has 3 aromatic rings. The van der Waals surface area contributed by atoms with Crippen molar-refractivity contribution < 1.29 is 48.0 Å². The van der Waals surface area contributed by atoms with E-state index in [1.807, 2.05) is 24.3 Å². The first-order valence-corrected chi connectivity index (χ1v) is 20.4. The summed E-state index contributed by atoms with van der Waals surface area (Å²) in [6, 6.07) is 14.5. The van der Waals surface area contributed by atoms with Gasteiger partial charge < -0.3 is 30.7 Å². The van der Waals surface area contributed by atoms with Crippen molar-refractivity contribution in [2.24, 2.45) is 34.3 Å². The molecule has 2 aromatic carbocycles. The summed E-state index contributed by atoms with van der Waals surface area (Å²) >= 11 is 0. The number of benzene rings is 2. The first-order chi connectivity index (χ1) is 28.0. The fourth-order valence-corrected chi connectivity index (χ4v) is 10.8. The molecular weight excluding hydrogens is 758 g/mol. The van der Waals surface area contributed by atoms with Gasteiger partial charge in [-0.15, -0.1) is 0 Å². The van der Waals surface area contributed by atoms with Gasteiger partial charge in [0, 0.05) is 40.2 Å². The monoisotopic (exact) mass is 809 g/mol. The molecule has 5 N–H and O–H groups in total. The largest absolute Gasteiger partial charge is 0.461 e. The minimum absolute atomic E-state index is 0.0742. The smallest absolute Gasteiger partial charge is 0.306 e. The lowest BCUT2D eigenvalue weighted by Crippen LogP contribution is -2.69. The number of allylic oxidation sites excluding steroid dienone is 4. The Bertz CT molecular complexity index is 2230. The third kappa shape index (κ3) is 7.31. The van der Waals surface area contributed by atoms with Crippen LogP contribution in [-0.4, -0.2) is 75.1 Å². The number of pyridine rings is 1. The number of rotatable bonds is 13. The van der Waals surface area contributed by atoms with Crippen LogP contribution in [-0.2, 0) is 40.1 Å². The highest BCUT2D eigenvalue weighted by atomic mass is 19.1. The molecule has 1 amide bonds. The molecule has 0 bridgehead atoms. The number of carbonyl (C=O) groups excluding carboxylic acids is 5. The van der Waals surface area contributed by atoms with Gasteiger partial charge >= 0.3 is 11.9 Å². The number of alkyl halides is 1. The molecule has 13 heteroatoms.